The van der Waals surface area contributed by atoms with Crippen LogP contribution in [-0.4, -0.2) is 58.1 Å². The van der Waals surface area contributed by atoms with E-state index in [2.05, 4.69) is 15.4 Å². The lowest BCUT2D eigenvalue weighted by atomic mass is 9.83. The number of ether oxygens (including phenoxy) is 2. The Hall–Kier alpha value is -2.80. The van der Waals surface area contributed by atoms with Gasteiger partial charge in [-0.1, -0.05) is 19.3 Å². The Kier molecular flexibility index (Phi) is 10.2. The summed E-state index contributed by atoms with van der Waals surface area (Å²) in [6.07, 6.45) is 0.561. The lowest BCUT2D eigenvalue weighted by Crippen LogP contribution is -2.50. The minimum absolute atomic E-state index is 0.0556. The molecular weight excluding hydrogens is 500 g/mol. The molecule has 0 aromatic heterocycles. The molecule has 1 aromatic carbocycles. The fourth-order valence-corrected chi connectivity index (χ4v) is 5.06. The van der Waals surface area contributed by atoms with Crippen molar-refractivity contribution < 1.29 is 41.1 Å². The molecule has 0 heterocycles. The summed E-state index contributed by atoms with van der Waals surface area (Å²) < 4.78 is 61.6. The highest BCUT2D eigenvalue weighted by molar-refractivity contribution is 7.89. The molecule has 2 amide bonds. The van der Waals surface area contributed by atoms with Crippen LogP contribution in [-0.2, 0) is 24.3 Å². The average molecular weight is 534 g/mol. The normalized spacial score (nSPS) is 15.8. The quantitative estimate of drug-likeness (QED) is 0.413. The van der Waals surface area contributed by atoms with E-state index in [0.29, 0.717) is 12.8 Å². The first-order valence-corrected chi connectivity index (χ1v) is 13.0. The summed E-state index contributed by atoms with van der Waals surface area (Å²) in [6, 6.07) is 2.36. The van der Waals surface area contributed by atoms with Crippen molar-refractivity contribution in [3.05, 3.63) is 23.8 Å². The fraction of sp³-hybridized carbons (Fsp3) is 0.609. The minimum Gasteiger partial charge on any atom is -0.465 e. The number of rotatable bonds is 9. The van der Waals surface area contributed by atoms with Crippen LogP contribution in [0.25, 0.3) is 0 Å². The van der Waals surface area contributed by atoms with Gasteiger partial charge in [0.1, 0.15) is 11.6 Å². The van der Waals surface area contributed by atoms with Gasteiger partial charge in [-0.05, 0) is 57.7 Å². The van der Waals surface area contributed by atoms with E-state index in [1.807, 2.05) is 0 Å². The average Bonchev–Trinajstić information content (AvgIpc) is 2.80. The molecule has 1 aliphatic rings. The van der Waals surface area contributed by atoms with Crippen LogP contribution in [0.2, 0.25) is 0 Å². The second kappa shape index (κ2) is 12.4. The molecule has 13 heteroatoms. The Morgan fingerprint density at radius 2 is 1.75 bits per heavy atom. The summed E-state index contributed by atoms with van der Waals surface area (Å²) >= 11 is 0. The molecule has 1 aliphatic carbocycles. The number of carbonyl (C=O) groups excluding carboxylic acids is 3. The van der Waals surface area contributed by atoms with Crippen LogP contribution in [0, 0.1) is 5.92 Å². The smallest absolute Gasteiger partial charge is 0.408 e. The first-order chi connectivity index (χ1) is 16.7. The number of nitrogens with one attached hydrogen (secondary N) is 3. The van der Waals surface area contributed by atoms with E-state index in [9.17, 15) is 31.6 Å². The number of carbonyl (C=O) groups is 3. The Balaban J connectivity index is 2.32. The van der Waals surface area contributed by atoms with Gasteiger partial charge in [0.15, 0.2) is 0 Å². The largest absolute Gasteiger partial charge is 0.465 e. The maximum Gasteiger partial charge on any atom is 0.408 e. The predicted octanol–water partition coefficient (Wildman–Crippen LogP) is 3.43. The predicted molar refractivity (Wildman–Crippen MR) is 127 cm³/mol. The van der Waals surface area contributed by atoms with E-state index in [4.69, 9.17) is 4.74 Å². The molecule has 10 nitrogen and oxygen atoms in total. The van der Waals surface area contributed by atoms with Crippen LogP contribution in [0.1, 0.15) is 63.2 Å². The Bertz CT molecular complexity index is 1050. The summed E-state index contributed by atoms with van der Waals surface area (Å²) in [5.74, 6) is -1.77. The van der Waals surface area contributed by atoms with E-state index in [-0.39, 0.29) is 11.6 Å². The zero-order valence-corrected chi connectivity index (χ0v) is 21.5. The van der Waals surface area contributed by atoms with Crippen molar-refractivity contribution in [3.8, 4) is 0 Å². The second-order valence-electron chi connectivity index (χ2n) is 9.46. The molecule has 0 saturated heterocycles. The SMILES string of the molecule is COC(=O)c1cc(NC(=O)[C@@H](NC(=O)OC(C)(C)C)C2CCCCC2)ccc1S(=O)(=O)NCC(F)F. The number of anilines is 1. The van der Waals surface area contributed by atoms with E-state index in [0.717, 1.165) is 38.5 Å². The van der Waals surface area contributed by atoms with Crippen LogP contribution in [0.4, 0.5) is 19.3 Å². The van der Waals surface area contributed by atoms with Gasteiger partial charge in [-0.3, -0.25) is 4.79 Å². The molecule has 1 fully saturated rings. The maximum atomic E-state index is 13.2. The summed E-state index contributed by atoms with van der Waals surface area (Å²) in [5, 5.41) is 5.24. The zero-order valence-electron chi connectivity index (χ0n) is 20.7. The van der Waals surface area contributed by atoms with Gasteiger partial charge in [-0.15, -0.1) is 0 Å². The van der Waals surface area contributed by atoms with Gasteiger partial charge in [-0.2, -0.15) is 0 Å². The third kappa shape index (κ3) is 8.70. The van der Waals surface area contributed by atoms with Crippen LogP contribution in [0.3, 0.4) is 0 Å². The molecule has 1 atom stereocenters. The topological polar surface area (TPSA) is 140 Å². The fourth-order valence-electron chi connectivity index (χ4n) is 3.88. The molecule has 1 saturated carbocycles. The van der Waals surface area contributed by atoms with Crippen LogP contribution < -0.4 is 15.4 Å². The van der Waals surface area contributed by atoms with Crippen molar-refractivity contribution in [2.45, 2.75) is 75.8 Å². The molecule has 0 aliphatic heterocycles. The Morgan fingerprint density at radius 1 is 1.11 bits per heavy atom. The molecule has 0 spiro atoms. The van der Waals surface area contributed by atoms with Gasteiger partial charge in [0.2, 0.25) is 15.9 Å². The van der Waals surface area contributed by atoms with Gasteiger partial charge >= 0.3 is 12.1 Å². The molecule has 0 unspecified atom stereocenters. The van der Waals surface area contributed by atoms with Crippen molar-refractivity contribution in [3.63, 3.8) is 0 Å². The lowest BCUT2D eigenvalue weighted by molar-refractivity contribution is -0.119. The minimum atomic E-state index is -4.47. The number of alkyl carbamates (subject to hydrolysis) is 1. The van der Waals surface area contributed by atoms with Crippen molar-refractivity contribution in [1.29, 1.82) is 0 Å². The summed E-state index contributed by atoms with van der Waals surface area (Å²) in [5.41, 5.74) is -1.17. The van der Waals surface area contributed by atoms with E-state index < -0.39 is 63.1 Å². The molecule has 202 valence electrons. The van der Waals surface area contributed by atoms with Gasteiger partial charge in [0.05, 0.1) is 24.1 Å². The van der Waals surface area contributed by atoms with Crippen molar-refractivity contribution >= 4 is 33.7 Å². The van der Waals surface area contributed by atoms with E-state index in [1.165, 1.54) is 6.07 Å². The summed E-state index contributed by atoms with van der Waals surface area (Å²) in [7, 11) is -3.44. The van der Waals surface area contributed by atoms with Crippen molar-refractivity contribution in [1.82, 2.24) is 10.0 Å². The number of methoxy groups -OCH3 is 1. The number of hydrogen-bond donors (Lipinski definition) is 3. The molecule has 36 heavy (non-hydrogen) atoms. The lowest BCUT2D eigenvalue weighted by Gasteiger charge is -2.31. The first kappa shape index (κ1) is 29.4. The van der Waals surface area contributed by atoms with Crippen LogP contribution in [0.5, 0.6) is 0 Å². The monoisotopic (exact) mass is 533 g/mol. The molecule has 3 N–H and O–H groups in total. The first-order valence-electron chi connectivity index (χ1n) is 11.5. The second-order valence-corrected chi connectivity index (χ2v) is 11.2. The highest BCUT2D eigenvalue weighted by Gasteiger charge is 2.33. The third-order valence-corrected chi connectivity index (χ3v) is 6.93. The third-order valence-electron chi connectivity index (χ3n) is 5.45. The number of benzene rings is 1. The number of alkyl halides is 2. The van der Waals surface area contributed by atoms with Gasteiger partial charge in [0, 0.05) is 5.69 Å². The molecule has 1 aromatic rings. The zero-order chi connectivity index (χ0) is 27.1. The van der Waals surface area contributed by atoms with Gasteiger partial charge in [0.25, 0.3) is 6.43 Å². The van der Waals surface area contributed by atoms with Crippen molar-refractivity contribution in [2.75, 3.05) is 19.0 Å². The van der Waals surface area contributed by atoms with Gasteiger partial charge < -0.3 is 20.1 Å². The van der Waals surface area contributed by atoms with E-state index >= 15 is 0 Å². The molecule has 0 radical (unpaired) electrons. The van der Waals surface area contributed by atoms with Crippen LogP contribution >= 0.6 is 0 Å². The highest BCUT2D eigenvalue weighted by atomic mass is 32.2. The number of esters is 1. The summed E-state index contributed by atoms with van der Waals surface area (Å²) in [6.45, 7) is 3.95. The number of halogens is 2. The standard InChI is InChI=1S/C23H33F2N3O7S/c1-23(2,3)35-22(31)28-19(14-8-6-5-7-9-14)20(29)27-15-10-11-17(16(12-15)21(30)34-4)36(32,33)26-13-18(24)25/h10-12,14,18-19,26H,5-9,13H2,1-4H3,(H,27,29)(H,28,31)/t19-/m0/s1. The number of sulfonamides is 1. The Morgan fingerprint density at radius 3 is 2.31 bits per heavy atom. The number of hydrogen-bond acceptors (Lipinski definition) is 7. The maximum absolute atomic E-state index is 13.2. The van der Waals surface area contributed by atoms with Crippen LogP contribution in [0.15, 0.2) is 23.1 Å². The molecular formula is C23H33F2N3O7S. The van der Waals surface area contributed by atoms with E-state index in [1.54, 1.807) is 25.5 Å². The van der Waals surface area contributed by atoms with Gasteiger partial charge in [-0.25, -0.2) is 31.5 Å². The van der Waals surface area contributed by atoms with Crippen molar-refractivity contribution in [2.24, 2.45) is 5.92 Å². The number of amides is 2. The highest BCUT2D eigenvalue weighted by Crippen LogP contribution is 2.28. The summed E-state index contributed by atoms with van der Waals surface area (Å²) in [4.78, 5) is 37.3. The Labute approximate surface area is 209 Å². The molecule has 2 rings (SSSR count). The molecule has 0 bridgehead atoms.